The maximum atomic E-state index is 5.70. The van der Waals surface area contributed by atoms with Crippen molar-refractivity contribution >= 4 is 29.9 Å². The van der Waals surface area contributed by atoms with Gasteiger partial charge in [-0.3, -0.25) is 4.99 Å². The van der Waals surface area contributed by atoms with Crippen LogP contribution in [0.5, 0.6) is 5.75 Å². The van der Waals surface area contributed by atoms with Gasteiger partial charge in [0.25, 0.3) is 0 Å². The summed E-state index contributed by atoms with van der Waals surface area (Å²) in [7, 11) is 3.85. The first-order valence-corrected chi connectivity index (χ1v) is 8.86. The van der Waals surface area contributed by atoms with Gasteiger partial charge in [-0.15, -0.1) is 24.0 Å². The molecule has 1 aromatic carbocycles. The second-order valence-corrected chi connectivity index (χ2v) is 6.37. The third kappa shape index (κ3) is 7.81. The summed E-state index contributed by atoms with van der Waals surface area (Å²) in [5.74, 6) is 2.66. The average Bonchev–Trinajstić information content (AvgIpc) is 3.39. The van der Waals surface area contributed by atoms with E-state index in [-0.39, 0.29) is 24.0 Å². The van der Waals surface area contributed by atoms with Gasteiger partial charge in [0.1, 0.15) is 5.75 Å². The molecular formula is C19H32IN3O2. The zero-order valence-electron chi connectivity index (χ0n) is 15.9. The van der Waals surface area contributed by atoms with Crippen molar-refractivity contribution in [1.82, 2.24) is 10.2 Å². The van der Waals surface area contributed by atoms with Crippen LogP contribution in [0.4, 0.5) is 0 Å². The summed E-state index contributed by atoms with van der Waals surface area (Å²) in [5, 5.41) is 3.41. The van der Waals surface area contributed by atoms with E-state index in [4.69, 9.17) is 9.47 Å². The number of nitrogens with zero attached hydrogens (tertiary/aromatic N) is 2. The predicted octanol–water partition coefficient (Wildman–Crippen LogP) is 3.45. The molecule has 0 radical (unpaired) electrons. The van der Waals surface area contributed by atoms with Crippen molar-refractivity contribution in [2.75, 3.05) is 40.5 Å². The molecule has 142 valence electrons. The average molecular weight is 461 g/mol. The Labute approximate surface area is 169 Å². The highest BCUT2D eigenvalue weighted by Crippen LogP contribution is 2.28. The molecule has 1 aliphatic carbocycles. The van der Waals surface area contributed by atoms with Crippen LogP contribution in [0.2, 0.25) is 0 Å². The maximum absolute atomic E-state index is 5.70. The summed E-state index contributed by atoms with van der Waals surface area (Å²) in [4.78, 5) is 6.46. The Kier molecular flexibility index (Phi) is 10.2. The van der Waals surface area contributed by atoms with Gasteiger partial charge in [-0.05, 0) is 49.8 Å². The summed E-state index contributed by atoms with van der Waals surface area (Å²) in [6, 6.07) is 6.29. The van der Waals surface area contributed by atoms with Crippen molar-refractivity contribution in [3.05, 3.63) is 29.3 Å². The predicted molar refractivity (Wildman–Crippen MR) is 114 cm³/mol. The number of hydrogen-bond acceptors (Lipinski definition) is 3. The molecule has 0 bridgehead atoms. The summed E-state index contributed by atoms with van der Waals surface area (Å²) in [5.41, 5.74) is 2.38. The highest BCUT2D eigenvalue weighted by atomic mass is 127. The van der Waals surface area contributed by atoms with E-state index < -0.39 is 0 Å². The minimum absolute atomic E-state index is 0. The molecule has 0 unspecified atom stereocenters. The normalized spacial score (nSPS) is 14.0. The molecule has 1 saturated carbocycles. The van der Waals surface area contributed by atoms with Crippen LogP contribution in [-0.4, -0.2) is 51.3 Å². The van der Waals surface area contributed by atoms with Gasteiger partial charge < -0.3 is 19.7 Å². The fourth-order valence-electron chi connectivity index (χ4n) is 2.55. The second kappa shape index (κ2) is 11.6. The molecule has 0 amide bonds. The van der Waals surface area contributed by atoms with E-state index in [1.807, 2.05) is 27.1 Å². The van der Waals surface area contributed by atoms with Gasteiger partial charge in [-0.25, -0.2) is 0 Å². The minimum Gasteiger partial charge on any atom is -0.494 e. The van der Waals surface area contributed by atoms with E-state index >= 15 is 0 Å². The fourth-order valence-corrected chi connectivity index (χ4v) is 2.55. The van der Waals surface area contributed by atoms with Gasteiger partial charge in [-0.2, -0.15) is 0 Å². The zero-order valence-corrected chi connectivity index (χ0v) is 18.2. The number of ether oxygens (including phenoxy) is 2. The maximum Gasteiger partial charge on any atom is 0.193 e. The molecule has 1 fully saturated rings. The molecule has 6 heteroatoms. The molecule has 5 nitrogen and oxygen atoms in total. The van der Waals surface area contributed by atoms with Gasteiger partial charge in [0, 0.05) is 33.8 Å². The molecule has 0 aliphatic heterocycles. The lowest BCUT2D eigenvalue weighted by molar-refractivity contribution is 0.115. The van der Waals surface area contributed by atoms with Gasteiger partial charge in [0.05, 0.1) is 13.2 Å². The quantitative estimate of drug-likeness (QED) is 0.265. The number of rotatable bonds is 9. The molecular weight excluding hydrogens is 429 g/mol. The summed E-state index contributed by atoms with van der Waals surface area (Å²) in [6.45, 7) is 8.01. The molecule has 1 aromatic rings. The van der Waals surface area contributed by atoms with Crippen molar-refractivity contribution in [2.45, 2.75) is 33.2 Å². The van der Waals surface area contributed by atoms with E-state index in [1.54, 1.807) is 0 Å². The first-order valence-electron chi connectivity index (χ1n) is 8.86. The standard InChI is InChI=1S/C19H31N3O2.HI/c1-5-24-18-9-8-17(12-15(18)2)13-21-19(20-3)22(4)10-11-23-14-16-6-7-16;/h8-9,12,16H,5-7,10-11,13-14H2,1-4H3,(H,20,21);1H. The van der Waals surface area contributed by atoms with Gasteiger partial charge in [-0.1, -0.05) is 12.1 Å². The number of aryl methyl sites for hydroxylation is 1. The van der Waals surface area contributed by atoms with Crippen LogP contribution in [0.3, 0.4) is 0 Å². The Morgan fingerprint density at radius 1 is 1.36 bits per heavy atom. The lowest BCUT2D eigenvalue weighted by Gasteiger charge is -2.22. The fraction of sp³-hybridized carbons (Fsp3) is 0.632. The lowest BCUT2D eigenvalue weighted by atomic mass is 10.1. The topological polar surface area (TPSA) is 46.1 Å². The van der Waals surface area contributed by atoms with E-state index in [9.17, 15) is 0 Å². The first kappa shape index (κ1) is 22.0. The van der Waals surface area contributed by atoms with E-state index in [1.165, 1.54) is 18.4 Å². The summed E-state index contributed by atoms with van der Waals surface area (Å²) in [6.07, 6.45) is 2.67. The lowest BCUT2D eigenvalue weighted by Crippen LogP contribution is -2.40. The molecule has 1 N–H and O–H groups in total. The molecule has 0 heterocycles. The number of guanidine groups is 1. The monoisotopic (exact) mass is 461 g/mol. The van der Waals surface area contributed by atoms with Gasteiger partial charge >= 0.3 is 0 Å². The number of benzene rings is 1. The van der Waals surface area contributed by atoms with Crippen molar-refractivity contribution in [1.29, 1.82) is 0 Å². The molecule has 0 aromatic heterocycles. The summed E-state index contributed by atoms with van der Waals surface area (Å²) < 4.78 is 11.3. The smallest absolute Gasteiger partial charge is 0.193 e. The molecule has 0 saturated heterocycles. The Bertz CT molecular complexity index is 547. The van der Waals surface area contributed by atoms with Crippen LogP contribution >= 0.6 is 24.0 Å². The van der Waals surface area contributed by atoms with Gasteiger partial charge in [0.2, 0.25) is 0 Å². The Morgan fingerprint density at radius 2 is 2.12 bits per heavy atom. The Hall–Kier alpha value is -1.02. The number of aliphatic imine (C=N–C) groups is 1. The summed E-state index contributed by atoms with van der Waals surface area (Å²) >= 11 is 0. The highest BCUT2D eigenvalue weighted by molar-refractivity contribution is 14.0. The SMILES string of the molecule is CCOc1ccc(CNC(=NC)N(C)CCOCC2CC2)cc1C.I. The minimum atomic E-state index is 0. The second-order valence-electron chi connectivity index (χ2n) is 6.37. The van der Waals surface area contributed by atoms with Crippen LogP contribution in [0.1, 0.15) is 30.9 Å². The van der Waals surface area contributed by atoms with Crippen LogP contribution < -0.4 is 10.1 Å². The van der Waals surface area contributed by atoms with E-state index in [2.05, 4.69) is 34.3 Å². The van der Waals surface area contributed by atoms with Crippen molar-refractivity contribution < 1.29 is 9.47 Å². The van der Waals surface area contributed by atoms with Crippen molar-refractivity contribution in [3.8, 4) is 5.75 Å². The highest BCUT2D eigenvalue weighted by Gasteiger charge is 2.21. The zero-order chi connectivity index (χ0) is 17.4. The van der Waals surface area contributed by atoms with Gasteiger partial charge in [0.15, 0.2) is 5.96 Å². The number of halogens is 1. The number of hydrogen-bond donors (Lipinski definition) is 1. The third-order valence-electron chi connectivity index (χ3n) is 4.18. The van der Waals surface area contributed by atoms with Crippen molar-refractivity contribution in [2.24, 2.45) is 10.9 Å². The van der Waals surface area contributed by atoms with Crippen LogP contribution in [0, 0.1) is 12.8 Å². The van der Waals surface area contributed by atoms with Crippen LogP contribution in [-0.2, 0) is 11.3 Å². The van der Waals surface area contributed by atoms with Crippen LogP contribution in [0.25, 0.3) is 0 Å². The molecule has 0 spiro atoms. The first-order chi connectivity index (χ1) is 11.6. The Balaban J connectivity index is 0.00000312. The number of likely N-dealkylation sites (N-methyl/N-ethyl adjacent to an activating group) is 1. The molecule has 0 atom stereocenters. The molecule has 2 rings (SSSR count). The van der Waals surface area contributed by atoms with E-state index in [0.29, 0.717) is 6.61 Å². The van der Waals surface area contributed by atoms with Crippen LogP contribution in [0.15, 0.2) is 23.2 Å². The van der Waals surface area contributed by atoms with Crippen molar-refractivity contribution in [3.63, 3.8) is 0 Å². The van der Waals surface area contributed by atoms with E-state index in [0.717, 1.165) is 49.5 Å². The Morgan fingerprint density at radius 3 is 2.72 bits per heavy atom. The number of nitrogens with one attached hydrogen (secondary N) is 1. The third-order valence-corrected chi connectivity index (χ3v) is 4.18. The molecule has 1 aliphatic rings. The largest absolute Gasteiger partial charge is 0.494 e. The molecule has 25 heavy (non-hydrogen) atoms.